The van der Waals surface area contributed by atoms with Gasteiger partial charge in [0, 0.05) is 11.8 Å². The molecule has 1 aliphatic heterocycles. The molecule has 0 unspecified atom stereocenters. The first-order valence-corrected chi connectivity index (χ1v) is 6.27. The van der Waals surface area contributed by atoms with E-state index < -0.39 is 0 Å². The maximum absolute atomic E-state index is 7.94. The summed E-state index contributed by atoms with van der Waals surface area (Å²) in [7, 11) is 0. The van der Waals surface area contributed by atoms with E-state index >= 15 is 0 Å². The minimum absolute atomic E-state index is 0.366. The summed E-state index contributed by atoms with van der Waals surface area (Å²) in [6.07, 6.45) is 3.75. The van der Waals surface area contributed by atoms with Crippen LogP contribution < -0.4 is 0 Å². The first-order chi connectivity index (χ1) is 6.61. The van der Waals surface area contributed by atoms with Crippen molar-refractivity contribution < 1.29 is 0 Å². The normalized spacial score (nSPS) is 43.6. The van der Waals surface area contributed by atoms with Gasteiger partial charge in [-0.05, 0) is 11.8 Å². The summed E-state index contributed by atoms with van der Waals surface area (Å²) in [6, 6.07) is 0. The van der Waals surface area contributed by atoms with Gasteiger partial charge in [0.15, 0.2) is 0 Å². The van der Waals surface area contributed by atoms with Gasteiger partial charge >= 0.3 is 0 Å². The van der Waals surface area contributed by atoms with Crippen LogP contribution in [0.15, 0.2) is 0 Å². The van der Waals surface area contributed by atoms with E-state index in [1.807, 2.05) is 0 Å². The number of hydrogen-bond acceptors (Lipinski definition) is 3. The molecule has 2 aliphatic rings. The molecule has 14 heavy (non-hydrogen) atoms. The largest absolute Gasteiger partial charge is 0.298 e. The summed E-state index contributed by atoms with van der Waals surface area (Å²) in [5, 5.41) is 17.4. The molecule has 0 radical (unpaired) electrons. The van der Waals surface area contributed by atoms with Crippen LogP contribution in [0.4, 0.5) is 0 Å². The Kier molecular flexibility index (Phi) is 2.69. The minimum atomic E-state index is 0.366. The van der Waals surface area contributed by atoms with E-state index in [2.05, 4.69) is 13.8 Å². The third-order valence-corrected chi connectivity index (χ3v) is 4.74. The van der Waals surface area contributed by atoms with Crippen molar-refractivity contribution in [1.82, 2.24) is 0 Å². The van der Waals surface area contributed by atoms with Gasteiger partial charge in [0.2, 0.25) is 0 Å². The molecule has 0 aromatic rings. The van der Waals surface area contributed by atoms with Gasteiger partial charge in [0.05, 0.1) is 10.1 Å². The molecule has 0 aromatic heterocycles. The van der Waals surface area contributed by atoms with Crippen molar-refractivity contribution in [3.8, 4) is 0 Å². The molecule has 2 fully saturated rings. The fraction of sp³-hybridized carbons (Fsp3) is 0.818. The predicted octanol–water partition coefficient (Wildman–Crippen LogP) is 3.38. The fourth-order valence-corrected chi connectivity index (χ4v) is 4.19. The summed E-state index contributed by atoms with van der Waals surface area (Å²) in [4.78, 5) is 0. The molecule has 2 N–H and O–H groups in total. The van der Waals surface area contributed by atoms with Crippen molar-refractivity contribution in [2.75, 3.05) is 0 Å². The number of nitrogens with one attached hydrogen (secondary N) is 2. The summed E-state index contributed by atoms with van der Waals surface area (Å²) >= 11 is 1.41. The van der Waals surface area contributed by atoms with Crippen molar-refractivity contribution in [3.05, 3.63) is 0 Å². The van der Waals surface area contributed by atoms with E-state index in [1.54, 1.807) is 0 Å². The first kappa shape index (κ1) is 10.2. The molecular formula is C11H18N2S. The zero-order valence-electron chi connectivity index (χ0n) is 8.84. The summed E-state index contributed by atoms with van der Waals surface area (Å²) in [6.45, 7) is 4.51. The second kappa shape index (κ2) is 3.69. The summed E-state index contributed by atoms with van der Waals surface area (Å²) < 4.78 is 0. The lowest BCUT2D eigenvalue weighted by molar-refractivity contribution is 0.344. The van der Waals surface area contributed by atoms with Gasteiger partial charge < -0.3 is 0 Å². The average Bonchev–Trinajstić information content (AvgIpc) is 2.30. The maximum atomic E-state index is 7.94. The standard InChI is InChI=1S/C11H18N2S/c1-6-4-3-5-7(2)9-8(6)10(12)14-11(9)13/h6-9,12-13H,3-5H2,1-2H3/t6-,7+,8-,9+. The molecule has 2 nitrogen and oxygen atoms in total. The lowest BCUT2D eigenvalue weighted by Crippen LogP contribution is -2.26. The van der Waals surface area contributed by atoms with Gasteiger partial charge in [-0.3, -0.25) is 10.8 Å². The predicted molar refractivity (Wildman–Crippen MR) is 62.2 cm³/mol. The SMILES string of the molecule is C[C@@H]1CCC[C@H](C)[C@@H]2C(=N)SC(=N)[C@@H]21. The van der Waals surface area contributed by atoms with Gasteiger partial charge in [-0.25, -0.2) is 0 Å². The molecular weight excluding hydrogens is 192 g/mol. The van der Waals surface area contributed by atoms with Crippen LogP contribution in [0.2, 0.25) is 0 Å². The smallest absolute Gasteiger partial charge is 0.0741 e. The second-order valence-corrected chi connectivity index (χ2v) is 5.85. The Morgan fingerprint density at radius 1 is 1.00 bits per heavy atom. The van der Waals surface area contributed by atoms with Crippen LogP contribution in [0.1, 0.15) is 33.1 Å². The van der Waals surface area contributed by atoms with Gasteiger partial charge in [-0.15, -0.1) is 0 Å². The molecule has 78 valence electrons. The Balaban J connectivity index is 2.30. The Morgan fingerprint density at radius 2 is 1.43 bits per heavy atom. The average molecular weight is 210 g/mol. The van der Waals surface area contributed by atoms with Crippen molar-refractivity contribution in [3.63, 3.8) is 0 Å². The molecule has 0 spiro atoms. The Morgan fingerprint density at radius 3 is 1.86 bits per heavy atom. The van der Waals surface area contributed by atoms with Crippen LogP contribution in [0.25, 0.3) is 0 Å². The van der Waals surface area contributed by atoms with Crippen LogP contribution in [0.3, 0.4) is 0 Å². The van der Waals surface area contributed by atoms with Crippen molar-refractivity contribution in [2.45, 2.75) is 33.1 Å². The van der Waals surface area contributed by atoms with Crippen LogP contribution in [0.5, 0.6) is 0 Å². The maximum Gasteiger partial charge on any atom is 0.0741 e. The molecule has 2 rings (SSSR count). The van der Waals surface area contributed by atoms with Crippen LogP contribution in [-0.2, 0) is 0 Å². The molecule has 0 aromatic carbocycles. The van der Waals surface area contributed by atoms with Gasteiger partial charge in [-0.2, -0.15) is 0 Å². The topological polar surface area (TPSA) is 47.7 Å². The van der Waals surface area contributed by atoms with Crippen LogP contribution in [-0.4, -0.2) is 10.1 Å². The van der Waals surface area contributed by atoms with Gasteiger partial charge in [0.1, 0.15) is 0 Å². The third-order valence-electron chi connectivity index (χ3n) is 3.76. The van der Waals surface area contributed by atoms with E-state index in [0.717, 1.165) is 10.1 Å². The monoisotopic (exact) mass is 210 g/mol. The minimum Gasteiger partial charge on any atom is -0.298 e. The first-order valence-electron chi connectivity index (χ1n) is 5.46. The lowest BCUT2D eigenvalue weighted by atomic mass is 9.79. The van der Waals surface area contributed by atoms with E-state index in [1.165, 1.54) is 31.0 Å². The molecule has 0 bridgehead atoms. The number of hydrogen-bond donors (Lipinski definition) is 2. The molecule has 4 atom stereocenters. The highest BCUT2D eigenvalue weighted by Crippen LogP contribution is 2.46. The molecule has 0 amide bonds. The zero-order valence-corrected chi connectivity index (χ0v) is 9.66. The van der Waals surface area contributed by atoms with Gasteiger partial charge in [-0.1, -0.05) is 44.9 Å². The van der Waals surface area contributed by atoms with E-state index in [9.17, 15) is 0 Å². The van der Waals surface area contributed by atoms with Crippen molar-refractivity contribution >= 4 is 21.8 Å². The van der Waals surface area contributed by atoms with Crippen molar-refractivity contribution in [1.29, 1.82) is 10.8 Å². The van der Waals surface area contributed by atoms with E-state index in [0.29, 0.717) is 23.7 Å². The fourth-order valence-electron chi connectivity index (χ4n) is 2.93. The second-order valence-electron chi connectivity index (χ2n) is 4.77. The highest BCUT2D eigenvalue weighted by Gasteiger charge is 2.44. The Labute approximate surface area is 89.9 Å². The van der Waals surface area contributed by atoms with E-state index in [4.69, 9.17) is 10.8 Å². The summed E-state index contributed by atoms with van der Waals surface area (Å²) in [5.74, 6) is 1.94. The molecule has 3 heteroatoms. The molecule has 1 saturated carbocycles. The number of rotatable bonds is 0. The molecule has 1 heterocycles. The quantitative estimate of drug-likeness (QED) is 0.632. The zero-order chi connectivity index (χ0) is 10.3. The third kappa shape index (κ3) is 1.52. The highest BCUT2D eigenvalue weighted by molar-refractivity contribution is 8.27. The Bertz CT molecular complexity index is 248. The summed E-state index contributed by atoms with van der Waals surface area (Å²) in [5.41, 5.74) is 0. The highest BCUT2D eigenvalue weighted by atomic mass is 32.2. The van der Waals surface area contributed by atoms with Crippen LogP contribution in [0, 0.1) is 34.5 Å². The molecule has 1 saturated heterocycles. The van der Waals surface area contributed by atoms with Gasteiger partial charge in [0.25, 0.3) is 0 Å². The number of thioether (sulfide) groups is 1. The van der Waals surface area contributed by atoms with E-state index in [-0.39, 0.29) is 0 Å². The lowest BCUT2D eigenvalue weighted by Gasteiger charge is -2.24. The number of fused-ring (bicyclic) bond motifs is 1. The van der Waals surface area contributed by atoms with Crippen molar-refractivity contribution in [2.24, 2.45) is 23.7 Å². The van der Waals surface area contributed by atoms with Crippen LogP contribution >= 0.6 is 11.8 Å². The Hall–Kier alpha value is -0.310. The molecule has 1 aliphatic carbocycles.